The highest BCUT2D eigenvalue weighted by molar-refractivity contribution is 9.10. The molecule has 1 atom stereocenters. The molecule has 1 aromatic rings. The van der Waals surface area contributed by atoms with Gasteiger partial charge in [0.25, 0.3) is 0 Å². The van der Waals surface area contributed by atoms with Gasteiger partial charge >= 0.3 is 0 Å². The molecule has 78 valence electrons. The van der Waals surface area contributed by atoms with Crippen molar-refractivity contribution in [1.82, 2.24) is 5.32 Å². The van der Waals surface area contributed by atoms with Gasteiger partial charge in [0, 0.05) is 28.6 Å². The Kier molecular flexibility index (Phi) is 4.89. The average molecular weight is 278 g/mol. The highest BCUT2D eigenvalue weighted by atomic mass is 79.9. The molecule has 0 spiro atoms. The van der Waals surface area contributed by atoms with E-state index in [4.69, 9.17) is 17.3 Å². The Bertz CT molecular complexity index is 304. The number of nitrogens with two attached hydrogens (primary N) is 1. The molecule has 0 aromatic heterocycles. The quantitative estimate of drug-likeness (QED) is 0.887. The first-order valence-corrected chi connectivity index (χ1v) is 5.68. The molecule has 3 N–H and O–H groups in total. The van der Waals surface area contributed by atoms with E-state index in [1.165, 1.54) is 0 Å². The Morgan fingerprint density at radius 2 is 2.29 bits per heavy atom. The van der Waals surface area contributed by atoms with E-state index in [2.05, 4.69) is 28.2 Å². The summed E-state index contributed by atoms with van der Waals surface area (Å²) in [6.07, 6.45) is 0. The Hall–Kier alpha value is -0.0900. The molecule has 0 bridgehead atoms. The third-order valence-electron chi connectivity index (χ3n) is 2.00. The van der Waals surface area contributed by atoms with E-state index in [-0.39, 0.29) is 0 Å². The predicted octanol–water partition coefficient (Wildman–Crippen LogP) is 2.54. The van der Waals surface area contributed by atoms with Gasteiger partial charge in [-0.1, -0.05) is 27.5 Å². The normalized spacial score (nSPS) is 12.9. The van der Waals surface area contributed by atoms with Crippen LogP contribution in [0.1, 0.15) is 12.5 Å². The fraction of sp³-hybridized carbons (Fsp3) is 0.400. The molecule has 0 heterocycles. The van der Waals surface area contributed by atoms with Crippen LogP contribution in [0.25, 0.3) is 0 Å². The predicted molar refractivity (Wildman–Crippen MR) is 64.5 cm³/mol. The zero-order valence-corrected chi connectivity index (χ0v) is 10.4. The number of rotatable bonds is 4. The van der Waals surface area contributed by atoms with Crippen molar-refractivity contribution in [2.24, 2.45) is 5.73 Å². The van der Waals surface area contributed by atoms with Crippen LogP contribution < -0.4 is 11.1 Å². The van der Waals surface area contributed by atoms with Crippen LogP contribution in [0.4, 0.5) is 0 Å². The van der Waals surface area contributed by atoms with Crippen LogP contribution in [-0.2, 0) is 6.54 Å². The summed E-state index contributed by atoms with van der Waals surface area (Å²) in [6.45, 7) is 3.47. The minimum absolute atomic E-state index is 0.320. The summed E-state index contributed by atoms with van der Waals surface area (Å²) in [5.41, 5.74) is 6.65. The molecule has 1 aromatic carbocycles. The van der Waals surface area contributed by atoms with Gasteiger partial charge in [0.1, 0.15) is 0 Å². The molecule has 1 unspecified atom stereocenters. The Morgan fingerprint density at radius 3 is 2.93 bits per heavy atom. The second-order valence-electron chi connectivity index (χ2n) is 3.25. The maximum Gasteiger partial charge on any atom is 0.0410 e. The number of halogens is 2. The molecular formula is C10H14BrClN2. The zero-order valence-electron chi connectivity index (χ0n) is 8.06. The molecular weight excluding hydrogens is 263 g/mol. The summed E-state index contributed by atoms with van der Waals surface area (Å²) in [6, 6.07) is 6.08. The fourth-order valence-electron chi connectivity index (χ4n) is 1.05. The van der Waals surface area contributed by atoms with Gasteiger partial charge in [-0.2, -0.15) is 0 Å². The maximum atomic E-state index is 5.89. The van der Waals surface area contributed by atoms with Crippen molar-refractivity contribution in [1.29, 1.82) is 0 Å². The molecule has 0 aliphatic rings. The molecule has 14 heavy (non-hydrogen) atoms. The van der Waals surface area contributed by atoms with E-state index >= 15 is 0 Å². The van der Waals surface area contributed by atoms with Crippen LogP contribution in [-0.4, -0.2) is 12.6 Å². The highest BCUT2D eigenvalue weighted by Gasteiger charge is 2.02. The van der Waals surface area contributed by atoms with Crippen LogP contribution in [0, 0.1) is 0 Å². The zero-order chi connectivity index (χ0) is 10.6. The Balaban J connectivity index is 2.62. The van der Waals surface area contributed by atoms with E-state index in [0.29, 0.717) is 12.6 Å². The molecule has 4 heteroatoms. The minimum Gasteiger partial charge on any atom is -0.329 e. The Labute approximate surface area is 98.0 Å². The molecule has 1 rings (SSSR count). The van der Waals surface area contributed by atoms with Crippen molar-refractivity contribution in [3.63, 3.8) is 0 Å². The lowest BCUT2D eigenvalue weighted by atomic mass is 10.2. The highest BCUT2D eigenvalue weighted by Crippen LogP contribution is 2.20. The second-order valence-corrected chi connectivity index (χ2v) is 4.54. The molecule has 0 fully saturated rings. The van der Waals surface area contributed by atoms with Crippen molar-refractivity contribution in [2.75, 3.05) is 6.54 Å². The van der Waals surface area contributed by atoms with Crippen molar-refractivity contribution in [3.8, 4) is 0 Å². The summed E-state index contributed by atoms with van der Waals surface area (Å²) in [5, 5.41) is 4.06. The molecule has 0 aliphatic carbocycles. The van der Waals surface area contributed by atoms with Crippen molar-refractivity contribution in [2.45, 2.75) is 19.5 Å². The lowest BCUT2D eigenvalue weighted by Gasteiger charge is -2.12. The molecule has 2 nitrogen and oxygen atoms in total. The van der Waals surface area contributed by atoms with Gasteiger partial charge in [-0.25, -0.2) is 0 Å². The minimum atomic E-state index is 0.320. The van der Waals surface area contributed by atoms with Crippen molar-refractivity contribution in [3.05, 3.63) is 33.3 Å². The lowest BCUT2D eigenvalue weighted by molar-refractivity contribution is 0.555. The number of nitrogens with one attached hydrogen (secondary N) is 1. The van der Waals surface area contributed by atoms with Gasteiger partial charge in [-0.15, -0.1) is 0 Å². The van der Waals surface area contributed by atoms with E-state index < -0.39 is 0 Å². The third-order valence-corrected chi connectivity index (χ3v) is 3.01. The topological polar surface area (TPSA) is 38.0 Å². The summed E-state index contributed by atoms with van der Waals surface area (Å²) in [4.78, 5) is 0. The average Bonchev–Trinajstić information content (AvgIpc) is 2.19. The van der Waals surface area contributed by atoms with Gasteiger partial charge in [0.2, 0.25) is 0 Å². The molecule has 0 radical (unpaired) electrons. The van der Waals surface area contributed by atoms with Gasteiger partial charge in [-0.05, 0) is 30.7 Å². The first-order chi connectivity index (χ1) is 6.63. The molecule has 0 saturated heterocycles. The first kappa shape index (κ1) is 12.0. The van der Waals surface area contributed by atoms with Crippen LogP contribution >= 0.6 is 27.5 Å². The standard InChI is InChI=1S/C10H14BrClN2/c1-7(5-13)14-6-8-4-9(12)2-3-10(8)11/h2-4,7,14H,5-6,13H2,1H3. The lowest BCUT2D eigenvalue weighted by Crippen LogP contribution is -2.32. The number of hydrogen-bond donors (Lipinski definition) is 2. The first-order valence-electron chi connectivity index (χ1n) is 4.51. The van der Waals surface area contributed by atoms with Crippen LogP contribution in [0.5, 0.6) is 0 Å². The van der Waals surface area contributed by atoms with Crippen LogP contribution in [0.15, 0.2) is 22.7 Å². The van der Waals surface area contributed by atoms with Gasteiger partial charge in [-0.3, -0.25) is 0 Å². The molecule has 0 amide bonds. The smallest absolute Gasteiger partial charge is 0.0410 e. The van der Waals surface area contributed by atoms with Gasteiger partial charge in [0.15, 0.2) is 0 Å². The van der Waals surface area contributed by atoms with E-state index in [1.807, 2.05) is 18.2 Å². The van der Waals surface area contributed by atoms with Crippen molar-refractivity contribution >= 4 is 27.5 Å². The van der Waals surface area contributed by atoms with E-state index in [9.17, 15) is 0 Å². The largest absolute Gasteiger partial charge is 0.329 e. The van der Waals surface area contributed by atoms with Crippen molar-refractivity contribution < 1.29 is 0 Å². The van der Waals surface area contributed by atoms with Gasteiger partial charge < -0.3 is 11.1 Å². The number of hydrogen-bond acceptors (Lipinski definition) is 2. The molecule has 0 aliphatic heterocycles. The summed E-state index contributed by atoms with van der Waals surface area (Å²) < 4.78 is 1.07. The second kappa shape index (κ2) is 5.71. The van der Waals surface area contributed by atoms with E-state index in [0.717, 1.165) is 21.6 Å². The maximum absolute atomic E-state index is 5.89. The fourth-order valence-corrected chi connectivity index (χ4v) is 1.63. The molecule has 0 saturated carbocycles. The van der Waals surface area contributed by atoms with Crippen LogP contribution in [0.2, 0.25) is 5.02 Å². The number of benzene rings is 1. The summed E-state index contributed by atoms with van der Waals surface area (Å²) in [5.74, 6) is 0. The Morgan fingerprint density at radius 1 is 1.57 bits per heavy atom. The van der Waals surface area contributed by atoms with Crippen LogP contribution in [0.3, 0.4) is 0 Å². The third kappa shape index (κ3) is 3.58. The van der Waals surface area contributed by atoms with E-state index in [1.54, 1.807) is 0 Å². The van der Waals surface area contributed by atoms with Gasteiger partial charge in [0.05, 0.1) is 0 Å². The monoisotopic (exact) mass is 276 g/mol. The summed E-state index contributed by atoms with van der Waals surface area (Å²) in [7, 11) is 0. The SMILES string of the molecule is CC(CN)NCc1cc(Cl)ccc1Br. The summed E-state index contributed by atoms with van der Waals surface area (Å²) >= 11 is 9.37.